The van der Waals surface area contributed by atoms with E-state index >= 15 is 0 Å². The summed E-state index contributed by atoms with van der Waals surface area (Å²) in [6.45, 7) is 8.04. The van der Waals surface area contributed by atoms with Crippen LogP contribution in [-0.4, -0.2) is 5.84 Å². The molecule has 3 nitrogen and oxygen atoms in total. The zero-order valence-corrected chi connectivity index (χ0v) is 8.33. The van der Waals surface area contributed by atoms with Crippen molar-refractivity contribution >= 4 is 5.84 Å². The Kier molecular flexibility index (Phi) is 4.40. The summed E-state index contributed by atoms with van der Waals surface area (Å²) in [5.74, 6) is 1.23. The lowest BCUT2D eigenvalue weighted by atomic mass is 10.1. The molecule has 0 aliphatic heterocycles. The van der Waals surface area contributed by atoms with E-state index in [0.717, 1.165) is 5.70 Å². The first-order valence-corrected chi connectivity index (χ1v) is 4.23. The quantitative estimate of drug-likeness (QED) is 0.496. The van der Waals surface area contributed by atoms with Crippen LogP contribution in [-0.2, 0) is 0 Å². The highest BCUT2D eigenvalue weighted by atomic mass is 14.9. The van der Waals surface area contributed by atoms with Crippen molar-refractivity contribution in [3.05, 3.63) is 11.9 Å². The van der Waals surface area contributed by atoms with Crippen LogP contribution in [0.25, 0.3) is 0 Å². The number of allylic oxidation sites excluding steroid dienone is 1. The molecule has 0 saturated carbocycles. The summed E-state index contributed by atoms with van der Waals surface area (Å²) in [5.41, 5.74) is 12.0. The molecule has 0 unspecified atom stereocenters. The molecule has 0 heterocycles. The van der Waals surface area contributed by atoms with E-state index in [1.807, 2.05) is 27.7 Å². The molecule has 0 spiro atoms. The molecule has 0 saturated heterocycles. The van der Waals surface area contributed by atoms with E-state index in [9.17, 15) is 0 Å². The first kappa shape index (κ1) is 11.0. The number of nitrogens with zero attached hydrogens (tertiary/aromatic N) is 1. The van der Waals surface area contributed by atoms with Gasteiger partial charge in [-0.05, 0) is 5.92 Å². The monoisotopic (exact) mass is 169 g/mol. The van der Waals surface area contributed by atoms with Gasteiger partial charge < -0.3 is 11.5 Å². The maximum Gasteiger partial charge on any atom is 0.102 e. The zero-order valence-electron chi connectivity index (χ0n) is 8.33. The summed E-state index contributed by atoms with van der Waals surface area (Å²) in [5, 5.41) is 0. The topological polar surface area (TPSA) is 64.4 Å². The van der Waals surface area contributed by atoms with E-state index in [-0.39, 0.29) is 5.92 Å². The second-order valence-electron chi connectivity index (χ2n) is 3.49. The van der Waals surface area contributed by atoms with Gasteiger partial charge in [0, 0.05) is 17.8 Å². The van der Waals surface area contributed by atoms with Gasteiger partial charge in [0.2, 0.25) is 0 Å². The molecule has 0 aromatic rings. The number of nitrogens with two attached hydrogens (primary N) is 2. The van der Waals surface area contributed by atoms with Crippen molar-refractivity contribution < 1.29 is 0 Å². The maximum absolute atomic E-state index is 5.66. The molecule has 0 rings (SSSR count). The van der Waals surface area contributed by atoms with Gasteiger partial charge in [0.05, 0.1) is 0 Å². The SMILES string of the molecule is CC(C)C(N)=N/C=C(\N)C(C)C. The van der Waals surface area contributed by atoms with Crippen molar-refractivity contribution in [2.24, 2.45) is 28.3 Å². The fraction of sp³-hybridized carbons (Fsp3) is 0.667. The van der Waals surface area contributed by atoms with Crippen molar-refractivity contribution in [3.8, 4) is 0 Å². The van der Waals surface area contributed by atoms with E-state index in [2.05, 4.69) is 4.99 Å². The van der Waals surface area contributed by atoms with Crippen LogP contribution in [0.2, 0.25) is 0 Å². The van der Waals surface area contributed by atoms with Crippen LogP contribution in [0.1, 0.15) is 27.7 Å². The molecule has 70 valence electrons. The molecule has 0 aliphatic rings. The minimum atomic E-state index is 0.279. The molecule has 0 aliphatic carbocycles. The molecule has 0 bridgehead atoms. The van der Waals surface area contributed by atoms with Gasteiger partial charge in [-0.3, -0.25) is 0 Å². The number of aliphatic imine (C=N–C) groups is 1. The Morgan fingerprint density at radius 3 is 1.92 bits per heavy atom. The zero-order chi connectivity index (χ0) is 9.72. The van der Waals surface area contributed by atoms with E-state index in [0.29, 0.717) is 11.8 Å². The highest BCUT2D eigenvalue weighted by molar-refractivity contribution is 5.82. The maximum atomic E-state index is 5.66. The van der Waals surface area contributed by atoms with Crippen molar-refractivity contribution in [2.75, 3.05) is 0 Å². The van der Waals surface area contributed by atoms with Gasteiger partial charge in [0.15, 0.2) is 0 Å². The Hall–Kier alpha value is -0.990. The van der Waals surface area contributed by atoms with Gasteiger partial charge in [-0.1, -0.05) is 27.7 Å². The molecule has 0 aromatic carbocycles. The number of amidine groups is 1. The molecule has 4 N–H and O–H groups in total. The van der Waals surface area contributed by atoms with Gasteiger partial charge in [-0.15, -0.1) is 0 Å². The van der Waals surface area contributed by atoms with E-state index in [1.165, 1.54) is 0 Å². The highest BCUT2D eigenvalue weighted by Gasteiger charge is 1.98. The Balaban J connectivity index is 4.27. The lowest BCUT2D eigenvalue weighted by Gasteiger charge is -2.04. The van der Waals surface area contributed by atoms with E-state index < -0.39 is 0 Å². The van der Waals surface area contributed by atoms with Gasteiger partial charge in [-0.25, -0.2) is 4.99 Å². The van der Waals surface area contributed by atoms with Crippen molar-refractivity contribution in [1.82, 2.24) is 0 Å². The van der Waals surface area contributed by atoms with Gasteiger partial charge in [-0.2, -0.15) is 0 Å². The summed E-state index contributed by atoms with van der Waals surface area (Å²) in [6, 6.07) is 0. The molecule has 0 amide bonds. The predicted molar refractivity (Wildman–Crippen MR) is 53.6 cm³/mol. The molecule has 12 heavy (non-hydrogen) atoms. The van der Waals surface area contributed by atoms with Gasteiger partial charge in [0.1, 0.15) is 5.84 Å². The molecule has 0 aromatic heterocycles. The summed E-state index contributed by atoms with van der Waals surface area (Å²) >= 11 is 0. The van der Waals surface area contributed by atoms with E-state index in [4.69, 9.17) is 11.5 Å². The third kappa shape index (κ3) is 4.01. The summed E-state index contributed by atoms with van der Waals surface area (Å²) in [4.78, 5) is 4.05. The second-order valence-corrected chi connectivity index (χ2v) is 3.49. The first-order valence-electron chi connectivity index (χ1n) is 4.23. The van der Waals surface area contributed by atoms with Gasteiger partial charge >= 0.3 is 0 Å². The van der Waals surface area contributed by atoms with Crippen LogP contribution in [0.15, 0.2) is 16.9 Å². The average molecular weight is 169 g/mol. The first-order chi connectivity index (χ1) is 5.45. The third-order valence-electron chi connectivity index (χ3n) is 1.62. The van der Waals surface area contributed by atoms with Gasteiger partial charge in [0.25, 0.3) is 0 Å². The predicted octanol–water partition coefficient (Wildman–Crippen LogP) is 1.46. The third-order valence-corrected chi connectivity index (χ3v) is 1.62. The normalized spacial score (nSPS) is 14.5. The molecule has 0 radical (unpaired) electrons. The van der Waals surface area contributed by atoms with Crippen LogP contribution >= 0.6 is 0 Å². The van der Waals surface area contributed by atoms with Crippen molar-refractivity contribution in [2.45, 2.75) is 27.7 Å². The highest BCUT2D eigenvalue weighted by Crippen LogP contribution is 2.02. The number of rotatable bonds is 3. The smallest absolute Gasteiger partial charge is 0.102 e. The summed E-state index contributed by atoms with van der Waals surface area (Å²) < 4.78 is 0. The Labute approximate surface area is 74.5 Å². The minimum absolute atomic E-state index is 0.279. The summed E-state index contributed by atoms with van der Waals surface area (Å²) in [6.07, 6.45) is 1.64. The van der Waals surface area contributed by atoms with E-state index in [1.54, 1.807) is 6.20 Å². The Morgan fingerprint density at radius 1 is 1.08 bits per heavy atom. The standard InChI is InChI=1S/C9H19N3/c1-6(2)8(10)5-12-9(11)7(3)4/h5-7H,10H2,1-4H3,(H2,11,12)/b8-5-. The van der Waals surface area contributed by atoms with Crippen LogP contribution in [0.4, 0.5) is 0 Å². The lowest BCUT2D eigenvalue weighted by molar-refractivity contribution is 0.753. The lowest BCUT2D eigenvalue weighted by Crippen LogP contribution is -2.18. The van der Waals surface area contributed by atoms with Crippen LogP contribution in [0.3, 0.4) is 0 Å². The fourth-order valence-electron chi connectivity index (χ4n) is 0.447. The summed E-state index contributed by atoms with van der Waals surface area (Å²) in [7, 11) is 0. The largest absolute Gasteiger partial charge is 0.401 e. The Morgan fingerprint density at radius 2 is 1.58 bits per heavy atom. The average Bonchev–Trinajstić information content (AvgIpc) is 1.98. The van der Waals surface area contributed by atoms with Crippen LogP contribution in [0.5, 0.6) is 0 Å². The number of hydrogen-bond acceptors (Lipinski definition) is 2. The second kappa shape index (κ2) is 4.80. The Bertz CT molecular complexity index is 168. The molecule has 3 heteroatoms. The van der Waals surface area contributed by atoms with Crippen LogP contribution < -0.4 is 11.5 Å². The molecular formula is C9H19N3. The van der Waals surface area contributed by atoms with Crippen LogP contribution in [0, 0.1) is 11.8 Å². The van der Waals surface area contributed by atoms with Crippen molar-refractivity contribution in [1.29, 1.82) is 0 Å². The molecule has 0 fully saturated rings. The number of hydrogen-bond donors (Lipinski definition) is 2. The molecule has 0 atom stereocenters. The minimum Gasteiger partial charge on any atom is -0.401 e. The molecular weight excluding hydrogens is 150 g/mol. The fourth-order valence-corrected chi connectivity index (χ4v) is 0.447. The van der Waals surface area contributed by atoms with Crippen molar-refractivity contribution in [3.63, 3.8) is 0 Å².